The van der Waals surface area contributed by atoms with Crippen molar-refractivity contribution in [3.8, 4) is 0 Å². The summed E-state index contributed by atoms with van der Waals surface area (Å²) < 4.78 is 0. The van der Waals surface area contributed by atoms with Gasteiger partial charge in [0.15, 0.2) is 0 Å². The number of hydrogen-bond donors (Lipinski definition) is 1. The summed E-state index contributed by atoms with van der Waals surface area (Å²) in [5.74, 6) is 0. The molecule has 2 unspecified atom stereocenters. The Bertz CT molecular complexity index is 378. The van der Waals surface area contributed by atoms with Gasteiger partial charge in [0.2, 0.25) is 0 Å². The number of rotatable bonds is 7. The summed E-state index contributed by atoms with van der Waals surface area (Å²) in [5, 5.41) is 10.2. The Balaban J connectivity index is 1.76. The van der Waals surface area contributed by atoms with Crippen molar-refractivity contribution in [1.82, 2.24) is 9.80 Å². The average molecular weight is 276 g/mol. The first-order valence-electron chi connectivity index (χ1n) is 7.94. The van der Waals surface area contributed by atoms with Crippen molar-refractivity contribution in [3.63, 3.8) is 0 Å². The zero-order valence-electron chi connectivity index (χ0n) is 12.8. The lowest BCUT2D eigenvalue weighted by molar-refractivity contribution is 0.144. The Morgan fingerprint density at radius 1 is 1.25 bits per heavy atom. The van der Waals surface area contributed by atoms with Crippen molar-refractivity contribution < 1.29 is 5.11 Å². The van der Waals surface area contributed by atoms with Crippen LogP contribution in [0.3, 0.4) is 0 Å². The van der Waals surface area contributed by atoms with Crippen LogP contribution in [0.25, 0.3) is 0 Å². The van der Waals surface area contributed by atoms with E-state index in [2.05, 4.69) is 23.6 Å². The number of aliphatic hydroxyl groups is 1. The van der Waals surface area contributed by atoms with Crippen molar-refractivity contribution in [3.05, 3.63) is 35.9 Å². The zero-order chi connectivity index (χ0) is 14.4. The minimum absolute atomic E-state index is 0.330. The highest BCUT2D eigenvalue weighted by Gasteiger charge is 2.26. The van der Waals surface area contributed by atoms with Crippen molar-refractivity contribution in [2.45, 2.75) is 38.8 Å². The summed E-state index contributed by atoms with van der Waals surface area (Å²) in [7, 11) is 0. The highest BCUT2D eigenvalue weighted by atomic mass is 16.3. The van der Waals surface area contributed by atoms with E-state index in [1.807, 2.05) is 30.3 Å². The maximum atomic E-state index is 10.2. The molecule has 112 valence electrons. The monoisotopic (exact) mass is 276 g/mol. The molecule has 2 atom stereocenters. The second kappa shape index (κ2) is 7.77. The van der Waals surface area contributed by atoms with E-state index in [-0.39, 0.29) is 6.10 Å². The highest BCUT2D eigenvalue weighted by Crippen LogP contribution is 2.20. The van der Waals surface area contributed by atoms with Gasteiger partial charge in [0.25, 0.3) is 0 Å². The highest BCUT2D eigenvalue weighted by molar-refractivity contribution is 5.17. The standard InChI is InChI=1S/C17H28N2O/c1-3-19(4-2)16-10-12-18(14-16)13-11-17(20)15-8-6-5-7-9-15/h5-9,16-17,20H,3-4,10-14H2,1-2H3. The van der Waals surface area contributed by atoms with Crippen LogP contribution in [-0.4, -0.2) is 53.7 Å². The van der Waals surface area contributed by atoms with E-state index in [0.717, 1.165) is 38.2 Å². The van der Waals surface area contributed by atoms with Gasteiger partial charge in [0.05, 0.1) is 6.10 Å². The summed E-state index contributed by atoms with van der Waals surface area (Å²) in [6.45, 7) is 10.1. The minimum atomic E-state index is -0.330. The van der Waals surface area contributed by atoms with Crippen LogP contribution in [0.15, 0.2) is 30.3 Å². The molecule has 0 amide bonds. The van der Waals surface area contributed by atoms with Crippen molar-refractivity contribution in [2.24, 2.45) is 0 Å². The van der Waals surface area contributed by atoms with Gasteiger partial charge in [0, 0.05) is 19.1 Å². The lowest BCUT2D eigenvalue weighted by Crippen LogP contribution is -2.37. The Labute approximate surface area is 123 Å². The predicted molar refractivity (Wildman–Crippen MR) is 83.8 cm³/mol. The molecule has 1 N–H and O–H groups in total. The third kappa shape index (κ3) is 4.05. The molecule has 1 saturated heterocycles. The summed E-state index contributed by atoms with van der Waals surface area (Å²) in [4.78, 5) is 5.04. The maximum absolute atomic E-state index is 10.2. The molecule has 1 aromatic carbocycles. The first kappa shape index (κ1) is 15.5. The van der Waals surface area contributed by atoms with Crippen LogP contribution in [0.2, 0.25) is 0 Å². The molecule has 20 heavy (non-hydrogen) atoms. The number of nitrogens with zero attached hydrogens (tertiary/aromatic N) is 2. The SMILES string of the molecule is CCN(CC)C1CCN(CCC(O)c2ccccc2)C1. The van der Waals surface area contributed by atoms with E-state index < -0.39 is 0 Å². The van der Waals surface area contributed by atoms with Crippen LogP contribution >= 0.6 is 0 Å². The number of hydrogen-bond acceptors (Lipinski definition) is 3. The first-order valence-corrected chi connectivity index (χ1v) is 7.94. The molecule has 3 heteroatoms. The molecule has 3 nitrogen and oxygen atoms in total. The van der Waals surface area contributed by atoms with Crippen LogP contribution < -0.4 is 0 Å². The second-order valence-electron chi connectivity index (χ2n) is 5.68. The van der Waals surface area contributed by atoms with Crippen LogP contribution in [0.5, 0.6) is 0 Å². The van der Waals surface area contributed by atoms with E-state index in [1.165, 1.54) is 13.0 Å². The maximum Gasteiger partial charge on any atom is 0.0802 e. The second-order valence-corrected chi connectivity index (χ2v) is 5.68. The van der Waals surface area contributed by atoms with Gasteiger partial charge in [-0.3, -0.25) is 4.90 Å². The van der Waals surface area contributed by atoms with Gasteiger partial charge in [-0.25, -0.2) is 0 Å². The Morgan fingerprint density at radius 2 is 1.95 bits per heavy atom. The molecule has 0 spiro atoms. The quantitative estimate of drug-likeness (QED) is 0.829. The van der Waals surface area contributed by atoms with Crippen LogP contribution in [-0.2, 0) is 0 Å². The molecule has 1 fully saturated rings. The molecule has 0 bridgehead atoms. The van der Waals surface area contributed by atoms with Gasteiger partial charge < -0.3 is 10.0 Å². The summed E-state index contributed by atoms with van der Waals surface area (Å²) in [6.07, 6.45) is 1.77. The molecule has 0 radical (unpaired) electrons. The van der Waals surface area contributed by atoms with E-state index in [0.29, 0.717) is 6.04 Å². The predicted octanol–water partition coefficient (Wildman–Crippen LogP) is 2.53. The van der Waals surface area contributed by atoms with Crippen molar-refractivity contribution >= 4 is 0 Å². The molecule has 0 aromatic heterocycles. The molecule has 1 aliphatic rings. The first-order chi connectivity index (χ1) is 9.74. The topological polar surface area (TPSA) is 26.7 Å². The number of aliphatic hydroxyl groups excluding tert-OH is 1. The molecular formula is C17H28N2O. The van der Waals surface area contributed by atoms with Gasteiger partial charge in [-0.1, -0.05) is 44.2 Å². The average Bonchev–Trinajstić information content (AvgIpc) is 2.96. The third-order valence-electron chi connectivity index (χ3n) is 4.48. The minimum Gasteiger partial charge on any atom is -0.388 e. The smallest absolute Gasteiger partial charge is 0.0802 e. The van der Waals surface area contributed by atoms with Gasteiger partial charge in [-0.15, -0.1) is 0 Å². The van der Waals surface area contributed by atoms with Gasteiger partial charge >= 0.3 is 0 Å². The molecule has 0 aliphatic carbocycles. The lowest BCUT2D eigenvalue weighted by atomic mass is 10.1. The van der Waals surface area contributed by atoms with E-state index in [9.17, 15) is 5.11 Å². The number of likely N-dealkylation sites (N-methyl/N-ethyl adjacent to an activating group) is 1. The Hall–Kier alpha value is -0.900. The normalized spacial score (nSPS) is 21.5. The largest absolute Gasteiger partial charge is 0.388 e. The number of likely N-dealkylation sites (tertiary alicyclic amines) is 1. The van der Waals surface area contributed by atoms with Gasteiger partial charge in [0.1, 0.15) is 0 Å². The molecular weight excluding hydrogens is 248 g/mol. The summed E-state index contributed by atoms with van der Waals surface area (Å²) in [5.41, 5.74) is 1.03. The molecule has 1 aromatic rings. The lowest BCUT2D eigenvalue weighted by Gasteiger charge is -2.26. The van der Waals surface area contributed by atoms with Gasteiger partial charge in [-0.2, -0.15) is 0 Å². The van der Waals surface area contributed by atoms with E-state index >= 15 is 0 Å². The van der Waals surface area contributed by atoms with Gasteiger partial charge in [-0.05, 0) is 38.0 Å². The molecule has 2 rings (SSSR count). The Morgan fingerprint density at radius 3 is 2.60 bits per heavy atom. The van der Waals surface area contributed by atoms with Crippen LogP contribution in [0, 0.1) is 0 Å². The van der Waals surface area contributed by atoms with Crippen molar-refractivity contribution in [1.29, 1.82) is 0 Å². The Kier molecular flexibility index (Phi) is 6.02. The summed E-state index contributed by atoms with van der Waals surface area (Å²) >= 11 is 0. The third-order valence-corrected chi connectivity index (χ3v) is 4.48. The fraction of sp³-hybridized carbons (Fsp3) is 0.647. The molecule has 1 aliphatic heterocycles. The summed E-state index contributed by atoms with van der Waals surface area (Å²) in [6, 6.07) is 10.7. The van der Waals surface area contributed by atoms with E-state index in [4.69, 9.17) is 0 Å². The van der Waals surface area contributed by atoms with Crippen molar-refractivity contribution in [2.75, 3.05) is 32.7 Å². The molecule has 0 saturated carbocycles. The fourth-order valence-corrected chi connectivity index (χ4v) is 3.20. The molecule has 1 heterocycles. The zero-order valence-corrected chi connectivity index (χ0v) is 12.8. The number of benzene rings is 1. The van der Waals surface area contributed by atoms with Crippen LogP contribution in [0.1, 0.15) is 38.4 Å². The van der Waals surface area contributed by atoms with E-state index in [1.54, 1.807) is 0 Å². The fourth-order valence-electron chi connectivity index (χ4n) is 3.20. The van der Waals surface area contributed by atoms with Crippen LogP contribution in [0.4, 0.5) is 0 Å².